The standard InChI is InChI=1S/C9H13ClN2O2S/c1-12(6-5-11)15(13,14)9-4-2-3-8(10)7-9/h2-4,7H,5-6,11H2,1H3. The van der Waals surface area contributed by atoms with Gasteiger partial charge in [0.2, 0.25) is 10.0 Å². The van der Waals surface area contributed by atoms with Crippen molar-refractivity contribution in [2.75, 3.05) is 20.1 Å². The molecule has 4 nitrogen and oxygen atoms in total. The fourth-order valence-corrected chi connectivity index (χ4v) is 2.60. The quantitative estimate of drug-likeness (QED) is 0.862. The lowest BCUT2D eigenvalue weighted by atomic mass is 10.4. The molecule has 0 bridgehead atoms. The molecule has 1 aromatic rings. The molecule has 0 amide bonds. The molecule has 84 valence electrons. The van der Waals surface area contributed by atoms with Gasteiger partial charge in [0.25, 0.3) is 0 Å². The normalized spacial score (nSPS) is 12.0. The van der Waals surface area contributed by atoms with Gasteiger partial charge in [-0.25, -0.2) is 8.42 Å². The van der Waals surface area contributed by atoms with E-state index in [-0.39, 0.29) is 18.0 Å². The molecule has 0 aliphatic rings. The molecule has 6 heteroatoms. The number of benzene rings is 1. The Kier molecular flexibility index (Phi) is 4.10. The van der Waals surface area contributed by atoms with E-state index >= 15 is 0 Å². The Labute approximate surface area is 94.7 Å². The van der Waals surface area contributed by atoms with Crippen LogP contribution in [0.4, 0.5) is 0 Å². The van der Waals surface area contributed by atoms with Crippen LogP contribution in [0.15, 0.2) is 29.2 Å². The van der Waals surface area contributed by atoms with Crippen LogP contribution in [0, 0.1) is 0 Å². The van der Waals surface area contributed by atoms with Gasteiger partial charge in [-0.1, -0.05) is 17.7 Å². The predicted octanol–water partition coefficient (Wildman–Crippen LogP) is 0.919. The molecule has 0 saturated heterocycles. The summed E-state index contributed by atoms with van der Waals surface area (Å²) in [5, 5.41) is 0.400. The molecule has 0 radical (unpaired) electrons. The van der Waals surface area contributed by atoms with Crippen molar-refractivity contribution in [3.05, 3.63) is 29.3 Å². The third-order valence-corrected chi connectivity index (χ3v) is 4.04. The van der Waals surface area contributed by atoms with E-state index in [1.165, 1.54) is 23.5 Å². The number of rotatable bonds is 4. The average molecular weight is 249 g/mol. The number of likely N-dealkylation sites (N-methyl/N-ethyl adjacent to an activating group) is 1. The Bertz CT molecular complexity index is 433. The molecule has 0 unspecified atom stereocenters. The highest BCUT2D eigenvalue weighted by Gasteiger charge is 2.19. The van der Waals surface area contributed by atoms with Crippen LogP contribution < -0.4 is 5.73 Å². The lowest BCUT2D eigenvalue weighted by Crippen LogP contribution is -2.31. The number of halogens is 1. The van der Waals surface area contributed by atoms with Gasteiger partial charge in [0.05, 0.1) is 4.90 Å². The molecule has 0 aliphatic heterocycles. The molecule has 15 heavy (non-hydrogen) atoms. The lowest BCUT2D eigenvalue weighted by molar-refractivity contribution is 0.476. The van der Waals surface area contributed by atoms with Gasteiger partial charge in [-0.2, -0.15) is 4.31 Å². The zero-order valence-corrected chi connectivity index (χ0v) is 9.92. The van der Waals surface area contributed by atoms with Crippen molar-refractivity contribution in [2.45, 2.75) is 4.90 Å². The minimum Gasteiger partial charge on any atom is -0.329 e. The third-order valence-electron chi connectivity index (χ3n) is 1.95. The third kappa shape index (κ3) is 2.92. The van der Waals surface area contributed by atoms with Crippen molar-refractivity contribution in [3.8, 4) is 0 Å². The summed E-state index contributed by atoms with van der Waals surface area (Å²) in [6.45, 7) is 0.575. The maximum Gasteiger partial charge on any atom is 0.242 e. The number of hydrogen-bond donors (Lipinski definition) is 1. The van der Waals surface area contributed by atoms with Crippen molar-refractivity contribution in [1.82, 2.24) is 4.31 Å². The predicted molar refractivity (Wildman–Crippen MR) is 60.3 cm³/mol. The number of hydrogen-bond acceptors (Lipinski definition) is 3. The first-order valence-corrected chi connectivity index (χ1v) is 6.22. The summed E-state index contributed by atoms with van der Waals surface area (Å²) in [6.07, 6.45) is 0. The van der Waals surface area contributed by atoms with Crippen LogP contribution in [-0.2, 0) is 10.0 Å². The maximum atomic E-state index is 11.9. The molecule has 0 aromatic heterocycles. The van der Waals surface area contributed by atoms with E-state index in [4.69, 9.17) is 17.3 Å². The molecular weight excluding hydrogens is 236 g/mol. The molecule has 0 atom stereocenters. The van der Waals surface area contributed by atoms with Crippen molar-refractivity contribution in [3.63, 3.8) is 0 Å². The van der Waals surface area contributed by atoms with Gasteiger partial charge in [0, 0.05) is 25.2 Å². The molecule has 1 aromatic carbocycles. The number of nitrogens with two attached hydrogens (primary N) is 1. The average Bonchev–Trinajstić information content (AvgIpc) is 2.18. The smallest absolute Gasteiger partial charge is 0.242 e. The van der Waals surface area contributed by atoms with Crippen LogP contribution in [0.3, 0.4) is 0 Å². The summed E-state index contributed by atoms with van der Waals surface area (Å²) in [5.41, 5.74) is 5.30. The van der Waals surface area contributed by atoms with E-state index in [0.717, 1.165) is 0 Å². The number of sulfonamides is 1. The largest absolute Gasteiger partial charge is 0.329 e. The van der Waals surface area contributed by atoms with Gasteiger partial charge in [0.1, 0.15) is 0 Å². The fraction of sp³-hybridized carbons (Fsp3) is 0.333. The number of nitrogens with zero attached hydrogens (tertiary/aromatic N) is 1. The summed E-state index contributed by atoms with van der Waals surface area (Å²) in [5.74, 6) is 0. The summed E-state index contributed by atoms with van der Waals surface area (Å²) in [7, 11) is -1.97. The van der Waals surface area contributed by atoms with Gasteiger partial charge in [-0.15, -0.1) is 0 Å². The molecule has 0 fully saturated rings. The van der Waals surface area contributed by atoms with E-state index in [1.807, 2.05) is 0 Å². The first-order valence-electron chi connectivity index (χ1n) is 4.40. The van der Waals surface area contributed by atoms with E-state index in [9.17, 15) is 8.42 Å². The van der Waals surface area contributed by atoms with E-state index in [2.05, 4.69) is 0 Å². The van der Waals surface area contributed by atoms with Crippen LogP contribution in [0.5, 0.6) is 0 Å². The minimum absolute atomic E-state index is 0.186. The van der Waals surface area contributed by atoms with Crippen LogP contribution >= 0.6 is 11.6 Å². The van der Waals surface area contributed by atoms with Gasteiger partial charge in [0.15, 0.2) is 0 Å². The first kappa shape index (κ1) is 12.4. The zero-order valence-electron chi connectivity index (χ0n) is 8.35. The highest BCUT2D eigenvalue weighted by Crippen LogP contribution is 2.18. The lowest BCUT2D eigenvalue weighted by Gasteiger charge is -2.15. The summed E-state index contributed by atoms with van der Waals surface area (Å²) in [4.78, 5) is 0.186. The molecule has 0 aliphatic carbocycles. The van der Waals surface area contributed by atoms with Gasteiger partial charge < -0.3 is 5.73 Å². The monoisotopic (exact) mass is 248 g/mol. The highest BCUT2D eigenvalue weighted by atomic mass is 35.5. The maximum absolute atomic E-state index is 11.9. The molecule has 0 saturated carbocycles. The zero-order chi connectivity index (χ0) is 11.5. The van der Waals surface area contributed by atoms with Gasteiger partial charge in [-0.3, -0.25) is 0 Å². The Balaban J connectivity index is 3.06. The minimum atomic E-state index is -3.45. The molecule has 0 spiro atoms. The van der Waals surface area contributed by atoms with E-state index in [1.54, 1.807) is 12.1 Å². The van der Waals surface area contributed by atoms with Crippen LogP contribution in [0.2, 0.25) is 5.02 Å². The molecular formula is C9H13ClN2O2S. The van der Waals surface area contributed by atoms with Crippen molar-refractivity contribution < 1.29 is 8.42 Å². The topological polar surface area (TPSA) is 63.4 Å². The van der Waals surface area contributed by atoms with Gasteiger partial charge >= 0.3 is 0 Å². The SMILES string of the molecule is CN(CCN)S(=O)(=O)c1cccc(Cl)c1. The Morgan fingerprint density at radius 1 is 1.47 bits per heavy atom. The van der Waals surface area contributed by atoms with Crippen LogP contribution in [-0.4, -0.2) is 32.9 Å². The molecule has 2 N–H and O–H groups in total. The second kappa shape index (κ2) is 4.94. The highest BCUT2D eigenvalue weighted by molar-refractivity contribution is 7.89. The molecule has 1 rings (SSSR count). The summed E-state index contributed by atoms with van der Waals surface area (Å²) in [6, 6.07) is 6.16. The molecule has 0 heterocycles. The summed E-state index contributed by atoms with van der Waals surface area (Å²) >= 11 is 5.72. The first-order chi connectivity index (χ1) is 6.98. The summed E-state index contributed by atoms with van der Waals surface area (Å²) < 4.78 is 25.0. The second-order valence-corrected chi connectivity index (χ2v) is 5.55. The van der Waals surface area contributed by atoms with Crippen molar-refractivity contribution in [2.24, 2.45) is 5.73 Å². The van der Waals surface area contributed by atoms with Crippen molar-refractivity contribution >= 4 is 21.6 Å². The van der Waals surface area contributed by atoms with E-state index in [0.29, 0.717) is 5.02 Å². The van der Waals surface area contributed by atoms with Crippen molar-refractivity contribution in [1.29, 1.82) is 0 Å². The Morgan fingerprint density at radius 3 is 2.67 bits per heavy atom. The van der Waals surface area contributed by atoms with Crippen LogP contribution in [0.25, 0.3) is 0 Å². The van der Waals surface area contributed by atoms with Crippen LogP contribution in [0.1, 0.15) is 0 Å². The van der Waals surface area contributed by atoms with E-state index < -0.39 is 10.0 Å². The fourth-order valence-electron chi connectivity index (χ4n) is 1.11. The Morgan fingerprint density at radius 2 is 2.13 bits per heavy atom. The van der Waals surface area contributed by atoms with Gasteiger partial charge in [-0.05, 0) is 18.2 Å². The second-order valence-electron chi connectivity index (χ2n) is 3.07. The Hall–Kier alpha value is -0.620.